The predicted molar refractivity (Wildman–Crippen MR) is 80.3 cm³/mol. The van der Waals surface area contributed by atoms with E-state index < -0.39 is 0 Å². The summed E-state index contributed by atoms with van der Waals surface area (Å²) in [5.41, 5.74) is 0. The van der Waals surface area contributed by atoms with E-state index in [0.29, 0.717) is 11.8 Å². The normalized spacial score (nSPS) is 16.4. The molecule has 1 unspecified atom stereocenters. The second-order valence-corrected chi connectivity index (χ2v) is 6.07. The minimum absolute atomic E-state index is 0.257. The molecule has 1 saturated carbocycles. The molecule has 4 nitrogen and oxygen atoms in total. The Hall–Kier alpha value is -0.680. The van der Waals surface area contributed by atoms with Crippen LogP contribution in [0, 0.1) is 5.92 Å². The maximum Gasteiger partial charge on any atom is 0.135 e. The van der Waals surface area contributed by atoms with Crippen LogP contribution in [0.1, 0.15) is 50.8 Å². The van der Waals surface area contributed by atoms with E-state index in [9.17, 15) is 0 Å². The van der Waals surface area contributed by atoms with Crippen molar-refractivity contribution in [1.29, 1.82) is 0 Å². The highest BCUT2D eigenvalue weighted by molar-refractivity contribution is 9.10. The maximum absolute atomic E-state index is 9.07. The molecule has 1 aromatic heterocycles. The second-order valence-electron chi connectivity index (χ2n) is 5.26. The summed E-state index contributed by atoms with van der Waals surface area (Å²) < 4.78 is 0.848. The van der Waals surface area contributed by atoms with Crippen molar-refractivity contribution in [1.82, 2.24) is 9.97 Å². The number of nitrogens with zero attached hydrogens (tertiary/aromatic N) is 2. The summed E-state index contributed by atoms with van der Waals surface area (Å²) in [6, 6.07) is 1.92. The van der Waals surface area contributed by atoms with Crippen LogP contribution >= 0.6 is 15.9 Å². The van der Waals surface area contributed by atoms with E-state index in [4.69, 9.17) is 5.11 Å². The molecule has 1 aliphatic carbocycles. The number of anilines is 1. The van der Waals surface area contributed by atoms with Crippen LogP contribution in [-0.2, 0) is 0 Å². The first-order valence-electron chi connectivity index (χ1n) is 7.12. The van der Waals surface area contributed by atoms with E-state index in [1.807, 2.05) is 6.07 Å². The maximum atomic E-state index is 9.07. The van der Waals surface area contributed by atoms with Crippen molar-refractivity contribution in [2.45, 2.75) is 44.9 Å². The van der Waals surface area contributed by atoms with Crippen LogP contribution in [0.4, 0.5) is 5.82 Å². The Labute approximate surface area is 123 Å². The summed E-state index contributed by atoms with van der Waals surface area (Å²) in [6.07, 6.45) is 5.54. The first kappa shape index (κ1) is 14.7. The van der Waals surface area contributed by atoms with Crippen molar-refractivity contribution >= 4 is 21.7 Å². The molecule has 5 heteroatoms. The van der Waals surface area contributed by atoms with E-state index in [0.717, 1.165) is 42.1 Å². The lowest BCUT2D eigenvalue weighted by molar-refractivity contribution is 0.255. The molecule has 0 saturated heterocycles. The van der Waals surface area contributed by atoms with Gasteiger partial charge in [0.05, 0.1) is 0 Å². The molecule has 0 aliphatic heterocycles. The summed E-state index contributed by atoms with van der Waals surface area (Å²) in [6.45, 7) is 3.30. The third-order valence-corrected chi connectivity index (χ3v) is 3.87. The van der Waals surface area contributed by atoms with Gasteiger partial charge in [0.25, 0.3) is 0 Å². The molecular formula is C14H22BrN3O. The van der Waals surface area contributed by atoms with Gasteiger partial charge in [-0.15, -0.1) is 0 Å². The third-order valence-electron chi connectivity index (χ3n) is 3.46. The van der Waals surface area contributed by atoms with Gasteiger partial charge < -0.3 is 10.4 Å². The Kier molecular flexibility index (Phi) is 5.58. The molecule has 1 fully saturated rings. The van der Waals surface area contributed by atoms with Crippen LogP contribution in [0.2, 0.25) is 0 Å². The van der Waals surface area contributed by atoms with E-state index in [-0.39, 0.29) is 6.61 Å². The van der Waals surface area contributed by atoms with Crippen molar-refractivity contribution in [3.8, 4) is 0 Å². The van der Waals surface area contributed by atoms with Crippen molar-refractivity contribution in [3.05, 3.63) is 16.5 Å². The first-order chi connectivity index (χ1) is 9.22. The smallest absolute Gasteiger partial charge is 0.135 e. The topological polar surface area (TPSA) is 58.0 Å². The lowest BCUT2D eigenvalue weighted by Gasteiger charge is -2.16. The molecule has 1 atom stereocenters. The van der Waals surface area contributed by atoms with Gasteiger partial charge in [-0.1, -0.05) is 13.3 Å². The number of aliphatic hydroxyl groups excluding tert-OH is 1. The standard InChI is InChI=1S/C14H22BrN3O/c1-2-3-10(6-7-19)9-16-13-8-12(15)17-14(18-13)11-4-5-11/h8,10-11,19H,2-7,9H2,1H3,(H,16,17,18). The fourth-order valence-corrected chi connectivity index (χ4v) is 2.64. The third kappa shape index (κ3) is 4.73. The number of hydrogen-bond acceptors (Lipinski definition) is 4. The quantitative estimate of drug-likeness (QED) is 0.719. The van der Waals surface area contributed by atoms with Crippen LogP contribution < -0.4 is 5.32 Å². The highest BCUT2D eigenvalue weighted by Gasteiger charge is 2.27. The van der Waals surface area contributed by atoms with E-state index >= 15 is 0 Å². The van der Waals surface area contributed by atoms with Gasteiger partial charge in [-0.3, -0.25) is 0 Å². The molecule has 1 aromatic rings. The Morgan fingerprint density at radius 1 is 1.42 bits per heavy atom. The van der Waals surface area contributed by atoms with Gasteiger partial charge >= 0.3 is 0 Å². The fourth-order valence-electron chi connectivity index (χ4n) is 2.24. The molecule has 106 valence electrons. The van der Waals surface area contributed by atoms with E-state index in [1.165, 1.54) is 12.8 Å². The van der Waals surface area contributed by atoms with E-state index in [1.54, 1.807) is 0 Å². The summed E-state index contributed by atoms with van der Waals surface area (Å²) in [5, 5.41) is 12.5. The largest absolute Gasteiger partial charge is 0.396 e. The second kappa shape index (κ2) is 7.20. The number of aliphatic hydroxyl groups is 1. The van der Waals surface area contributed by atoms with Crippen LogP contribution in [0.5, 0.6) is 0 Å². The number of halogens is 1. The lowest BCUT2D eigenvalue weighted by atomic mass is 10.0. The van der Waals surface area contributed by atoms with Crippen molar-refractivity contribution < 1.29 is 5.11 Å². The van der Waals surface area contributed by atoms with Gasteiger partial charge in [-0.25, -0.2) is 9.97 Å². The van der Waals surface area contributed by atoms with Gasteiger partial charge in [0.2, 0.25) is 0 Å². The molecule has 0 spiro atoms. The average Bonchev–Trinajstić information content (AvgIpc) is 3.20. The van der Waals surface area contributed by atoms with Crippen LogP contribution in [0.3, 0.4) is 0 Å². The molecule has 0 bridgehead atoms. The number of hydrogen-bond donors (Lipinski definition) is 2. The molecule has 2 N–H and O–H groups in total. The number of rotatable bonds is 8. The minimum atomic E-state index is 0.257. The number of aromatic nitrogens is 2. The van der Waals surface area contributed by atoms with Crippen LogP contribution in [0.25, 0.3) is 0 Å². The van der Waals surface area contributed by atoms with Crippen LogP contribution in [0.15, 0.2) is 10.7 Å². The number of nitrogens with one attached hydrogen (secondary N) is 1. The monoisotopic (exact) mass is 327 g/mol. The molecule has 0 amide bonds. The highest BCUT2D eigenvalue weighted by atomic mass is 79.9. The zero-order valence-electron chi connectivity index (χ0n) is 11.4. The fraction of sp³-hybridized carbons (Fsp3) is 0.714. The lowest BCUT2D eigenvalue weighted by Crippen LogP contribution is -2.16. The SMILES string of the molecule is CCCC(CCO)CNc1cc(Br)nc(C2CC2)n1. The Morgan fingerprint density at radius 2 is 2.21 bits per heavy atom. The first-order valence-corrected chi connectivity index (χ1v) is 7.91. The molecular weight excluding hydrogens is 306 g/mol. The molecule has 1 aliphatic rings. The Balaban J connectivity index is 1.93. The van der Waals surface area contributed by atoms with Gasteiger partial charge in [-0.05, 0) is 47.5 Å². The van der Waals surface area contributed by atoms with Gasteiger partial charge in [0.15, 0.2) is 0 Å². The molecule has 0 aromatic carbocycles. The molecule has 2 rings (SSSR count). The van der Waals surface area contributed by atoms with Crippen molar-refractivity contribution in [2.24, 2.45) is 5.92 Å². The molecule has 0 radical (unpaired) electrons. The molecule has 19 heavy (non-hydrogen) atoms. The zero-order valence-corrected chi connectivity index (χ0v) is 13.0. The Bertz CT molecular complexity index is 404. The zero-order chi connectivity index (χ0) is 13.7. The van der Waals surface area contributed by atoms with E-state index in [2.05, 4.69) is 38.1 Å². The van der Waals surface area contributed by atoms with Crippen LogP contribution in [-0.4, -0.2) is 28.2 Å². The summed E-state index contributed by atoms with van der Waals surface area (Å²) >= 11 is 3.45. The summed E-state index contributed by atoms with van der Waals surface area (Å²) in [4.78, 5) is 8.99. The van der Waals surface area contributed by atoms with Gasteiger partial charge in [0.1, 0.15) is 16.2 Å². The van der Waals surface area contributed by atoms with Gasteiger partial charge in [-0.2, -0.15) is 0 Å². The summed E-state index contributed by atoms with van der Waals surface area (Å²) in [5.74, 6) is 2.91. The van der Waals surface area contributed by atoms with Crippen molar-refractivity contribution in [3.63, 3.8) is 0 Å². The van der Waals surface area contributed by atoms with Crippen molar-refractivity contribution in [2.75, 3.05) is 18.5 Å². The average molecular weight is 328 g/mol. The molecule has 1 heterocycles. The Morgan fingerprint density at radius 3 is 2.84 bits per heavy atom. The predicted octanol–water partition coefficient (Wildman–Crippen LogP) is 3.33. The summed E-state index contributed by atoms with van der Waals surface area (Å²) in [7, 11) is 0. The highest BCUT2D eigenvalue weighted by Crippen LogP contribution is 2.38. The minimum Gasteiger partial charge on any atom is -0.396 e. The van der Waals surface area contributed by atoms with Gasteiger partial charge in [0, 0.05) is 25.1 Å².